The number of hydrogen-bond donors (Lipinski definition) is 2. The third-order valence-electron chi connectivity index (χ3n) is 1.92. The monoisotopic (exact) mass is 229 g/mol. The second-order valence-electron chi connectivity index (χ2n) is 3.35. The van der Waals surface area contributed by atoms with E-state index in [0.29, 0.717) is 12.8 Å². The highest BCUT2D eigenvalue weighted by Gasteiger charge is 2.35. The van der Waals surface area contributed by atoms with Gasteiger partial charge in [-0.05, 0) is 19.3 Å². The number of halogens is 3. The molecule has 1 saturated heterocycles. The van der Waals surface area contributed by atoms with E-state index in [9.17, 15) is 13.2 Å². The van der Waals surface area contributed by atoms with Gasteiger partial charge in [-0.2, -0.15) is 18.7 Å². The smallest absolute Gasteiger partial charge is 0.366 e. The topological polar surface area (TPSA) is 54.0 Å². The number of aliphatic hydroxyl groups is 1. The molecule has 0 aromatic rings. The first-order valence-corrected chi connectivity index (χ1v) is 4.74. The summed E-state index contributed by atoms with van der Waals surface area (Å²) in [6, 6.07) is 0. The molecule has 1 rings (SSSR count). The summed E-state index contributed by atoms with van der Waals surface area (Å²) in [6.07, 6.45) is -2.87. The Morgan fingerprint density at radius 3 is 2.53 bits per heavy atom. The highest BCUT2D eigenvalue weighted by Crippen LogP contribution is 2.24. The van der Waals surface area contributed by atoms with Crippen molar-refractivity contribution in [2.45, 2.75) is 37.8 Å². The number of ether oxygens (including phenoxy) is 1. The molecule has 0 saturated carbocycles. The number of rotatable bonds is 7. The van der Waals surface area contributed by atoms with Crippen LogP contribution in [0.1, 0.15) is 19.3 Å². The van der Waals surface area contributed by atoms with E-state index < -0.39 is 19.0 Å². The van der Waals surface area contributed by atoms with Crippen molar-refractivity contribution in [1.82, 2.24) is 5.48 Å². The lowest BCUT2D eigenvalue weighted by atomic mass is 10.2. The molecule has 0 spiro atoms. The van der Waals surface area contributed by atoms with Crippen molar-refractivity contribution in [3.05, 3.63) is 0 Å². The minimum Gasteiger partial charge on any atom is -0.366 e. The van der Waals surface area contributed by atoms with Gasteiger partial charge < -0.3 is 14.7 Å². The van der Waals surface area contributed by atoms with Gasteiger partial charge in [0.15, 0.2) is 6.29 Å². The van der Waals surface area contributed by atoms with Crippen LogP contribution in [-0.4, -0.2) is 36.8 Å². The zero-order valence-corrected chi connectivity index (χ0v) is 8.09. The molecule has 2 unspecified atom stereocenters. The SMILES string of the molecule is OC1OC1CCCCONCC(F)(F)F. The lowest BCUT2D eigenvalue weighted by molar-refractivity contribution is -0.149. The summed E-state index contributed by atoms with van der Waals surface area (Å²) in [7, 11) is 0. The quantitative estimate of drug-likeness (QED) is 0.388. The van der Waals surface area contributed by atoms with Crippen molar-refractivity contribution in [2.75, 3.05) is 13.2 Å². The number of hydrogen-bond acceptors (Lipinski definition) is 4. The standard InChI is InChI=1S/C8H14F3NO3/c9-8(10,11)5-12-14-4-2-1-3-6-7(13)15-6/h6-7,12-13H,1-5H2. The van der Waals surface area contributed by atoms with E-state index in [1.54, 1.807) is 0 Å². The van der Waals surface area contributed by atoms with Gasteiger partial charge in [0.1, 0.15) is 12.6 Å². The minimum absolute atomic E-state index is 0.0897. The number of alkyl halides is 3. The molecular formula is C8H14F3NO3. The summed E-state index contributed by atoms with van der Waals surface area (Å²) < 4.78 is 39.5. The average molecular weight is 229 g/mol. The third-order valence-corrected chi connectivity index (χ3v) is 1.92. The van der Waals surface area contributed by atoms with Crippen LogP contribution in [0.15, 0.2) is 0 Å². The highest BCUT2D eigenvalue weighted by atomic mass is 19.4. The second kappa shape index (κ2) is 5.64. The molecule has 7 heteroatoms. The maximum atomic E-state index is 11.6. The Labute approximate surface area is 85.3 Å². The van der Waals surface area contributed by atoms with E-state index >= 15 is 0 Å². The van der Waals surface area contributed by atoms with Crippen LogP contribution in [-0.2, 0) is 9.57 Å². The molecule has 0 aliphatic carbocycles. The molecule has 15 heavy (non-hydrogen) atoms. The zero-order chi connectivity index (χ0) is 11.3. The fourth-order valence-corrected chi connectivity index (χ4v) is 1.07. The van der Waals surface area contributed by atoms with Gasteiger partial charge in [-0.3, -0.25) is 0 Å². The van der Waals surface area contributed by atoms with E-state index in [2.05, 4.69) is 4.84 Å². The molecule has 0 radical (unpaired) electrons. The first-order valence-electron chi connectivity index (χ1n) is 4.74. The number of hydroxylamine groups is 1. The second-order valence-corrected chi connectivity index (χ2v) is 3.35. The van der Waals surface area contributed by atoms with Crippen LogP contribution in [0, 0.1) is 0 Å². The molecule has 90 valence electrons. The Hall–Kier alpha value is -0.370. The number of aliphatic hydroxyl groups excluding tert-OH is 1. The zero-order valence-electron chi connectivity index (χ0n) is 8.09. The summed E-state index contributed by atoms with van der Waals surface area (Å²) >= 11 is 0. The molecule has 1 aliphatic heterocycles. The average Bonchev–Trinajstić information content (AvgIpc) is 2.78. The van der Waals surface area contributed by atoms with Crippen molar-refractivity contribution in [1.29, 1.82) is 0 Å². The van der Waals surface area contributed by atoms with Gasteiger partial charge >= 0.3 is 6.18 Å². The predicted molar refractivity (Wildman–Crippen MR) is 44.7 cm³/mol. The molecule has 1 fully saturated rings. The van der Waals surface area contributed by atoms with Crippen LogP contribution in [0.5, 0.6) is 0 Å². The fourth-order valence-electron chi connectivity index (χ4n) is 1.07. The lowest BCUT2D eigenvalue weighted by Crippen LogP contribution is -2.29. The first-order chi connectivity index (χ1) is 6.99. The molecule has 1 aliphatic rings. The van der Waals surface area contributed by atoms with Crippen molar-refractivity contribution in [3.8, 4) is 0 Å². The molecule has 2 N–H and O–H groups in total. The number of epoxide rings is 1. The molecule has 0 bridgehead atoms. The van der Waals surface area contributed by atoms with Gasteiger partial charge in [-0.15, -0.1) is 0 Å². The fraction of sp³-hybridized carbons (Fsp3) is 1.00. The molecule has 0 aromatic heterocycles. The van der Waals surface area contributed by atoms with Crippen molar-refractivity contribution < 1.29 is 27.9 Å². The van der Waals surface area contributed by atoms with E-state index in [-0.39, 0.29) is 12.7 Å². The van der Waals surface area contributed by atoms with Gasteiger partial charge in [0.25, 0.3) is 0 Å². The maximum Gasteiger partial charge on any atom is 0.403 e. The highest BCUT2D eigenvalue weighted by molar-refractivity contribution is 4.73. The number of nitrogens with one attached hydrogen (secondary N) is 1. The van der Waals surface area contributed by atoms with Crippen LogP contribution in [0.25, 0.3) is 0 Å². The molecule has 4 nitrogen and oxygen atoms in total. The molecule has 2 atom stereocenters. The minimum atomic E-state index is -4.24. The van der Waals surface area contributed by atoms with Crippen LogP contribution in [0.3, 0.4) is 0 Å². The summed E-state index contributed by atoms with van der Waals surface area (Å²) in [6.45, 7) is -0.920. The van der Waals surface area contributed by atoms with E-state index in [4.69, 9.17) is 9.84 Å². The van der Waals surface area contributed by atoms with Gasteiger partial charge in [-0.1, -0.05) is 0 Å². The largest absolute Gasteiger partial charge is 0.403 e. The Balaban J connectivity index is 1.77. The van der Waals surface area contributed by atoms with E-state index in [1.165, 1.54) is 0 Å². The Morgan fingerprint density at radius 2 is 2.00 bits per heavy atom. The van der Waals surface area contributed by atoms with Crippen molar-refractivity contribution in [3.63, 3.8) is 0 Å². The van der Waals surface area contributed by atoms with Gasteiger partial charge in [0.05, 0.1) is 6.61 Å². The molecule has 1 heterocycles. The summed E-state index contributed by atoms with van der Waals surface area (Å²) in [5.41, 5.74) is 1.83. The molecule has 0 aromatic carbocycles. The molecular weight excluding hydrogens is 215 g/mol. The van der Waals surface area contributed by atoms with Crippen LogP contribution < -0.4 is 5.48 Å². The van der Waals surface area contributed by atoms with E-state index in [0.717, 1.165) is 6.42 Å². The van der Waals surface area contributed by atoms with Crippen LogP contribution in [0.4, 0.5) is 13.2 Å². The van der Waals surface area contributed by atoms with Crippen molar-refractivity contribution in [2.24, 2.45) is 0 Å². The normalized spacial score (nSPS) is 25.6. The first kappa shape index (κ1) is 12.7. The molecule has 0 amide bonds. The predicted octanol–water partition coefficient (Wildman–Crippen LogP) is 0.957. The Bertz CT molecular complexity index is 188. The lowest BCUT2D eigenvalue weighted by Gasteiger charge is -2.07. The van der Waals surface area contributed by atoms with Crippen LogP contribution in [0.2, 0.25) is 0 Å². The Morgan fingerprint density at radius 1 is 1.33 bits per heavy atom. The third kappa shape index (κ3) is 6.67. The summed E-state index contributed by atoms with van der Waals surface area (Å²) in [5, 5.41) is 8.77. The van der Waals surface area contributed by atoms with Crippen LogP contribution >= 0.6 is 0 Å². The Kier molecular flexibility index (Phi) is 4.78. The number of unbranched alkanes of at least 4 members (excludes halogenated alkanes) is 1. The maximum absolute atomic E-state index is 11.6. The van der Waals surface area contributed by atoms with Gasteiger partial charge in [0, 0.05) is 0 Å². The van der Waals surface area contributed by atoms with Gasteiger partial charge in [-0.25, -0.2) is 0 Å². The van der Waals surface area contributed by atoms with Crippen molar-refractivity contribution >= 4 is 0 Å². The summed E-state index contributed by atoms with van der Waals surface area (Å²) in [4.78, 5) is 4.57. The van der Waals surface area contributed by atoms with E-state index in [1.807, 2.05) is 5.48 Å². The summed E-state index contributed by atoms with van der Waals surface area (Å²) in [5.74, 6) is 0. The van der Waals surface area contributed by atoms with Gasteiger partial charge in [0.2, 0.25) is 0 Å².